The van der Waals surface area contributed by atoms with E-state index in [2.05, 4.69) is 14.5 Å². The maximum absolute atomic E-state index is 11.0. The van der Waals surface area contributed by atoms with Crippen LogP contribution in [0.15, 0.2) is 6.20 Å². The van der Waals surface area contributed by atoms with Crippen LogP contribution in [0.3, 0.4) is 0 Å². The van der Waals surface area contributed by atoms with Crippen LogP contribution in [-0.4, -0.2) is 25.2 Å². The lowest BCUT2D eigenvalue weighted by Crippen LogP contribution is -2.33. The van der Waals surface area contributed by atoms with Gasteiger partial charge in [0.1, 0.15) is 5.82 Å². The van der Waals surface area contributed by atoms with Crippen molar-refractivity contribution in [1.29, 1.82) is 0 Å². The van der Waals surface area contributed by atoms with Crippen LogP contribution in [0.4, 0.5) is 5.82 Å². The van der Waals surface area contributed by atoms with Crippen molar-refractivity contribution in [3.05, 3.63) is 11.8 Å². The molecule has 0 aliphatic carbocycles. The summed E-state index contributed by atoms with van der Waals surface area (Å²) in [5, 5.41) is 3.88. The Kier molecular flexibility index (Phi) is 3.09. The third-order valence-corrected chi connectivity index (χ3v) is 2.85. The van der Waals surface area contributed by atoms with Crippen LogP contribution >= 0.6 is 0 Å². The fourth-order valence-corrected chi connectivity index (χ4v) is 1.36. The highest BCUT2D eigenvalue weighted by atomic mass is 32.2. The lowest BCUT2D eigenvalue weighted by atomic mass is 10.3. The van der Waals surface area contributed by atoms with Gasteiger partial charge in [0.05, 0.1) is 6.20 Å². The first kappa shape index (κ1) is 11.0. The minimum atomic E-state index is -3.42. The Hall–Kier alpha value is -1.12. The molecule has 0 amide bonds. The molecular weight excluding hydrogens is 206 g/mol. The van der Waals surface area contributed by atoms with E-state index in [9.17, 15) is 8.42 Å². The van der Waals surface area contributed by atoms with E-state index in [1.165, 1.54) is 17.9 Å². The van der Waals surface area contributed by atoms with Gasteiger partial charge >= 0.3 is 0 Å². The molecule has 0 aliphatic rings. The van der Waals surface area contributed by atoms with Crippen molar-refractivity contribution in [2.75, 3.05) is 12.8 Å². The molecule has 1 aromatic heterocycles. The highest BCUT2D eigenvalue weighted by molar-refractivity contribution is 7.87. The molecule has 0 atom stereocenters. The molecule has 0 fully saturated rings. The Morgan fingerprint density at radius 2 is 2.29 bits per heavy atom. The van der Waals surface area contributed by atoms with E-state index in [1.807, 2.05) is 0 Å². The van der Waals surface area contributed by atoms with Gasteiger partial charge in [-0.2, -0.15) is 18.2 Å². The van der Waals surface area contributed by atoms with Gasteiger partial charge in [0.2, 0.25) is 0 Å². The second kappa shape index (κ2) is 3.95. The molecule has 0 radical (unpaired) electrons. The molecule has 0 aliphatic heterocycles. The SMILES string of the molecule is CNS(=O)(=O)NCc1cnn(C)c1N. The van der Waals surface area contributed by atoms with E-state index in [0.29, 0.717) is 11.4 Å². The van der Waals surface area contributed by atoms with Gasteiger partial charge in [0.15, 0.2) is 0 Å². The molecule has 7 nitrogen and oxygen atoms in total. The number of aryl methyl sites for hydroxylation is 1. The van der Waals surface area contributed by atoms with Crippen LogP contribution < -0.4 is 15.2 Å². The molecular formula is C6H13N5O2S. The normalized spacial score (nSPS) is 11.9. The van der Waals surface area contributed by atoms with Crippen LogP contribution in [0, 0.1) is 0 Å². The standard InChI is InChI=1S/C6H13N5O2S/c1-8-14(12,13)10-4-5-3-9-11(2)6(5)7/h3,8,10H,4,7H2,1-2H3. The highest BCUT2D eigenvalue weighted by Crippen LogP contribution is 2.08. The largest absolute Gasteiger partial charge is 0.384 e. The number of nitrogen functional groups attached to an aromatic ring is 1. The monoisotopic (exact) mass is 219 g/mol. The summed E-state index contributed by atoms with van der Waals surface area (Å²) in [6.45, 7) is 0.128. The molecule has 0 aromatic carbocycles. The Labute approximate surface area is 82.5 Å². The van der Waals surface area contributed by atoms with E-state index >= 15 is 0 Å². The molecule has 0 bridgehead atoms. The number of anilines is 1. The van der Waals surface area contributed by atoms with Gasteiger partial charge in [-0.15, -0.1) is 0 Å². The van der Waals surface area contributed by atoms with Crippen molar-refractivity contribution in [3.63, 3.8) is 0 Å². The molecule has 1 rings (SSSR count). The van der Waals surface area contributed by atoms with Crippen LogP contribution in [0.25, 0.3) is 0 Å². The molecule has 0 saturated carbocycles. The van der Waals surface area contributed by atoms with Crippen molar-refractivity contribution < 1.29 is 8.42 Å². The summed E-state index contributed by atoms with van der Waals surface area (Å²) >= 11 is 0. The molecule has 80 valence electrons. The maximum Gasteiger partial charge on any atom is 0.276 e. The summed E-state index contributed by atoms with van der Waals surface area (Å²) in [5.41, 5.74) is 6.26. The quantitative estimate of drug-likeness (QED) is 0.577. The molecule has 0 spiro atoms. The third kappa shape index (κ3) is 2.44. The van der Waals surface area contributed by atoms with Gasteiger partial charge in [-0.1, -0.05) is 0 Å². The minimum Gasteiger partial charge on any atom is -0.384 e. The second-order valence-electron chi connectivity index (χ2n) is 2.71. The fraction of sp³-hybridized carbons (Fsp3) is 0.500. The first-order chi connectivity index (χ1) is 6.46. The average molecular weight is 219 g/mol. The number of aromatic nitrogens is 2. The first-order valence-corrected chi connectivity index (χ1v) is 5.39. The fourth-order valence-electron chi connectivity index (χ4n) is 0.874. The van der Waals surface area contributed by atoms with Gasteiger partial charge in [-0.3, -0.25) is 4.68 Å². The molecule has 1 heterocycles. The maximum atomic E-state index is 11.0. The van der Waals surface area contributed by atoms with E-state index in [-0.39, 0.29) is 6.54 Å². The van der Waals surface area contributed by atoms with Gasteiger partial charge < -0.3 is 5.73 Å². The van der Waals surface area contributed by atoms with Crippen molar-refractivity contribution >= 4 is 16.0 Å². The average Bonchev–Trinajstić information content (AvgIpc) is 2.45. The number of nitrogens with two attached hydrogens (primary N) is 1. The first-order valence-electron chi connectivity index (χ1n) is 3.91. The molecule has 0 unspecified atom stereocenters. The van der Waals surface area contributed by atoms with Gasteiger partial charge in [-0.05, 0) is 0 Å². The smallest absolute Gasteiger partial charge is 0.276 e. The van der Waals surface area contributed by atoms with Crippen LogP contribution in [0.2, 0.25) is 0 Å². The Morgan fingerprint density at radius 1 is 1.64 bits per heavy atom. The minimum absolute atomic E-state index is 0.128. The van der Waals surface area contributed by atoms with Crippen LogP contribution in [0.5, 0.6) is 0 Å². The van der Waals surface area contributed by atoms with Crippen molar-refractivity contribution in [2.24, 2.45) is 7.05 Å². The van der Waals surface area contributed by atoms with E-state index in [4.69, 9.17) is 5.73 Å². The van der Waals surface area contributed by atoms with Crippen molar-refractivity contribution in [1.82, 2.24) is 19.2 Å². The van der Waals surface area contributed by atoms with Crippen molar-refractivity contribution in [2.45, 2.75) is 6.54 Å². The summed E-state index contributed by atoms with van der Waals surface area (Å²) < 4.78 is 27.9. The predicted molar refractivity (Wildman–Crippen MR) is 52.4 cm³/mol. The topological polar surface area (TPSA) is 102 Å². The number of rotatable bonds is 4. The molecule has 1 aromatic rings. The molecule has 14 heavy (non-hydrogen) atoms. The number of nitrogens with one attached hydrogen (secondary N) is 2. The lowest BCUT2D eigenvalue weighted by molar-refractivity contribution is 0.573. The highest BCUT2D eigenvalue weighted by Gasteiger charge is 2.09. The van der Waals surface area contributed by atoms with Crippen molar-refractivity contribution in [3.8, 4) is 0 Å². The third-order valence-electron chi connectivity index (χ3n) is 1.79. The van der Waals surface area contributed by atoms with Crippen LogP contribution in [0.1, 0.15) is 5.56 Å². The Morgan fingerprint density at radius 3 is 2.71 bits per heavy atom. The summed E-state index contributed by atoms with van der Waals surface area (Å²) in [6, 6.07) is 0. The zero-order valence-electron chi connectivity index (χ0n) is 7.98. The summed E-state index contributed by atoms with van der Waals surface area (Å²) in [5.74, 6) is 0.448. The molecule has 4 N–H and O–H groups in total. The zero-order valence-corrected chi connectivity index (χ0v) is 8.80. The second-order valence-corrected chi connectivity index (χ2v) is 4.41. The molecule has 0 saturated heterocycles. The Balaban J connectivity index is 2.68. The zero-order chi connectivity index (χ0) is 10.8. The number of nitrogens with zero attached hydrogens (tertiary/aromatic N) is 2. The van der Waals surface area contributed by atoms with Gasteiger partial charge in [-0.25, -0.2) is 4.72 Å². The molecule has 8 heteroatoms. The van der Waals surface area contributed by atoms with E-state index < -0.39 is 10.2 Å². The van der Waals surface area contributed by atoms with Gasteiger partial charge in [0, 0.05) is 26.2 Å². The number of hydrogen-bond acceptors (Lipinski definition) is 4. The summed E-state index contributed by atoms with van der Waals surface area (Å²) in [6.07, 6.45) is 1.52. The predicted octanol–water partition coefficient (Wildman–Crippen LogP) is -1.44. The van der Waals surface area contributed by atoms with E-state index in [1.54, 1.807) is 7.05 Å². The van der Waals surface area contributed by atoms with Crippen LogP contribution in [-0.2, 0) is 23.8 Å². The lowest BCUT2D eigenvalue weighted by Gasteiger charge is -2.03. The summed E-state index contributed by atoms with van der Waals surface area (Å²) in [7, 11) is -0.404. The number of hydrogen-bond donors (Lipinski definition) is 3. The van der Waals surface area contributed by atoms with Gasteiger partial charge in [0.25, 0.3) is 10.2 Å². The Bertz CT molecular complexity index is 410. The summed E-state index contributed by atoms with van der Waals surface area (Å²) in [4.78, 5) is 0. The van der Waals surface area contributed by atoms with E-state index in [0.717, 1.165) is 0 Å².